The molecule has 31 heavy (non-hydrogen) atoms. The van der Waals surface area contributed by atoms with E-state index in [1.165, 1.54) is 16.0 Å². The Morgan fingerprint density at radius 3 is 2.42 bits per heavy atom. The van der Waals surface area contributed by atoms with Crippen molar-refractivity contribution in [2.75, 3.05) is 0 Å². The zero-order valence-electron chi connectivity index (χ0n) is 17.9. The molecule has 4 rings (SSSR count). The van der Waals surface area contributed by atoms with Gasteiger partial charge in [-0.3, -0.25) is 14.5 Å². The van der Waals surface area contributed by atoms with Crippen molar-refractivity contribution in [3.05, 3.63) is 92.1 Å². The Hall–Kier alpha value is -2.76. The number of hydrogen-bond acceptors (Lipinski definition) is 3. The van der Waals surface area contributed by atoms with E-state index < -0.39 is 0 Å². The molecule has 2 heterocycles. The van der Waals surface area contributed by atoms with Crippen LogP contribution in [-0.2, 0) is 11.3 Å². The first-order chi connectivity index (χ1) is 14.8. The average Bonchev–Trinajstić information content (AvgIpc) is 3.15. The Kier molecular flexibility index (Phi) is 5.82. The van der Waals surface area contributed by atoms with Crippen molar-refractivity contribution >= 4 is 40.6 Å². The maximum Gasteiger partial charge on any atom is 0.293 e. The number of carbonyl (C=O) groups is 2. The molecule has 1 fully saturated rings. The van der Waals surface area contributed by atoms with Crippen LogP contribution in [0.4, 0.5) is 4.79 Å². The van der Waals surface area contributed by atoms with Crippen LogP contribution in [0.1, 0.15) is 33.6 Å². The van der Waals surface area contributed by atoms with Crippen molar-refractivity contribution in [2.24, 2.45) is 0 Å². The molecular formula is C25H23ClN2O2S. The molecule has 0 bridgehead atoms. The smallest absolute Gasteiger partial charge is 0.293 e. The number of benzene rings is 2. The van der Waals surface area contributed by atoms with Gasteiger partial charge in [0.25, 0.3) is 11.1 Å². The zero-order valence-corrected chi connectivity index (χ0v) is 19.5. The number of thioether (sulfide) groups is 1. The molecule has 1 saturated heterocycles. The minimum Gasteiger partial charge on any atom is -0.318 e. The molecule has 0 unspecified atom stereocenters. The second kappa shape index (κ2) is 8.40. The van der Waals surface area contributed by atoms with Crippen molar-refractivity contribution < 1.29 is 9.59 Å². The van der Waals surface area contributed by atoms with Gasteiger partial charge in [0.1, 0.15) is 0 Å². The predicted octanol–water partition coefficient (Wildman–Crippen LogP) is 6.60. The highest BCUT2D eigenvalue weighted by molar-refractivity contribution is 8.18. The summed E-state index contributed by atoms with van der Waals surface area (Å²) in [5.74, 6) is -0.286. The van der Waals surface area contributed by atoms with E-state index in [1.54, 1.807) is 6.07 Å². The second-order valence-electron chi connectivity index (χ2n) is 7.79. The number of aromatic nitrogens is 1. The minimum absolute atomic E-state index is 0.170. The van der Waals surface area contributed by atoms with Gasteiger partial charge in [0, 0.05) is 22.1 Å². The average molecular weight is 451 g/mol. The molecule has 0 saturated carbocycles. The van der Waals surface area contributed by atoms with E-state index in [4.69, 9.17) is 11.6 Å². The molecule has 2 aromatic carbocycles. The van der Waals surface area contributed by atoms with E-state index in [-0.39, 0.29) is 17.7 Å². The standard InChI is InChI=1S/C25H23ClN2O2S/c1-15-9-10-21(11-16(15)2)28-17(3)12-20(18(28)4)13-23-24(29)27(25(30)31-23)14-19-7-5-6-8-22(19)26/h5-13H,14H2,1-4H3/b23-13-. The third kappa shape index (κ3) is 4.08. The first kappa shape index (κ1) is 21.5. The summed E-state index contributed by atoms with van der Waals surface area (Å²) in [5, 5.41) is 0.265. The SMILES string of the molecule is Cc1ccc(-n2c(C)cc(/C=C3\SC(=O)N(Cc4ccccc4Cl)C3=O)c2C)cc1C. The van der Waals surface area contributed by atoms with Gasteiger partial charge in [-0.1, -0.05) is 35.9 Å². The number of aryl methyl sites for hydroxylation is 3. The Morgan fingerprint density at radius 1 is 0.968 bits per heavy atom. The molecule has 6 heteroatoms. The van der Waals surface area contributed by atoms with Crippen LogP contribution in [0.3, 0.4) is 0 Å². The molecule has 0 atom stereocenters. The number of rotatable bonds is 4. The van der Waals surface area contributed by atoms with Gasteiger partial charge in [-0.25, -0.2) is 0 Å². The molecule has 0 radical (unpaired) electrons. The molecule has 1 aliphatic heterocycles. The normalized spacial score (nSPS) is 15.4. The topological polar surface area (TPSA) is 42.3 Å². The summed E-state index contributed by atoms with van der Waals surface area (Å²) < 4.78 is 2.17. The largest absolute Gasteiger partial charge is 0.318 e. The van der Waals surface area contributed by atoms with E-state index in [9.17, 15) is 9.59 Å². The number of hydrogen-bond donors (Lipinski definition) is 0. The number of halogens is 1. The van der Waals surface area contributed by atoms with Crippen LogP contribution in [0.5, 0.6) is 0 Å². The summed E-state index contributed by atoms with van der Waals surface area (Å²) in [7, 11) is 0. The Balaban J connectivity index is 1.65. The molecule has 4 nitrogen and oxygen atoms in total. The molecule has 158 valence electrons. The second-order valence-corrected chi connectivity index (χ2v) is 9.19. The molecule has 2 amide bonds. The van der Waals surface area contributed by atoms with Crippen LogP contribution in [0.25, 0.3) is 11.8 Å². The third-order valence-electron chi connectivity index (χ3n) is 5.67. The van der Waals surface area contributed by atoms with Gasteiger partial charge < -0.3 is 4.57 Å². The van der Waals surface area contributed by atoms with Gasteiger partial charge in [-0.15, -0.1) is 0 Å². The summed E-state index contributed by atoms with van der Waals surface area (Å²) >= 11 is 7.18. The zero-order chi connectivity index (χ0) is 22.3. The number of carbonyl (C=O) groups excluding carboxylic acids is 2. The molecule has 1 aliphatic rings. The van der Waals surface area contributed by atoms with Gasteiger partial charge in [-0.2, -0.15) is 0 Å². The highest BCUT2D eigenvalue weighted by Crippen LogP contribution is 2.35. The van der Waals surface area contributed by atoms with Crippen LogP contribution >= 0.6 is 23.4 Å². The van der Waals surface area contributed by atoms with Gasteiger partial charge in [0.15, 0.2) is 0 Å². The van der Waals surface area contributed by atoms with E-state index in [1.807, 2.05) is 44.2 Å². The fourth-order valence-corrected chi connectivity index (χ4v) is 4.79. The minimum atomic E-state index is -0.286. The van der Waals surface area contributed by atoms with Gasteiger partial charge in [-0.05, 0) is 92.1 Å². The van der Waals surface area contributed by atoms with E-state index in [0.29, 0.717) is 9.93 Å². The summed E-state index contributed by atoms with van der Waals surface area (Å²) in [4.78, 5) is 27.2. The van der Waals surface area contributed by atoms with Crippen molar-refractivity contribution in [1.82, 2.24) is 9.47 Å². The van der Waals surface area contributed by atoms with Crippen molar-refractivity contribution in [2.45, 2.75) is 34.2 Å². The lowest BCUT2D eigenvalue weighted by molar-refractivity contribution is -0.123. The number of nitrogens with zero attached hydrogens (tertiary/aromatic N) is 2. The van der Waals surface area contributed by atoms with Crippen LogP contribution < -0.4 is 0 Å². The van der Waals surface area contributed by atoms with E-state index in [0.717, 1.165) is 40.0 Å². The quantitative estimate of drug-likeness (QED) is 0.420. The lowest BCUT2D eigenvalue weighted by Gasteiger charge is -2.13. The Bertz CT molecular complexity index is 1240. The summed E-state index contributed by atoms with van der Waals surface area (Å²) in [5.41, 5.74) is 7.34. The molecule has 0 aliphatic carbocycles. The number of amides is 2. The monoisotopic (exact) mass is 450 g/mol. The molecule has 0 N–H and O–H groups in total. The van der Waals surface area contributed by atoms with Crippen molar-refractivity contribution in [3.8, 4) is 5.69 Å². The van der Waals surface area contributed by atoms with Crippen LogP contribution in [-0.4, -0.2) is 20.6 Å². The van der Waals surface area contributed by atoms with Gasteiger partial charge >= 0.3 is 0 Å². The van der Waals surface area contributed by atoms with Crippen LogP contribution in [0, 0.1) is 27.7 Å². The van der Waals surface area contributed by atoms with E-state index in [2.05, 4.69) is 36.6 Å². The molecule has 1 aromatic heterocycles. The first-order valence-corrected chi connectivity index (χ1v) is 11.2. The fourth-order valence-electron chi connectivity index (χ4n) is 3.77. The summed E-state index contributed by atoms with van der Waals surface area (Å²) in [6.07, 6.45) is 1.82. The predicted molar refractivity (Wildman–Crippen MR) is 128 cm³/mol. The fraction of sp³-hybridized carbons (Fsp3) is 0.200. The Labute approximate surface area is 191 Å². The van der Waals surface area contributed by atoms with E-state index >= 15 is 0 Å². The van der Waals surface area contributed by atoms with Gasteiger partial charge in [0.2, 0.25) is 0 Å². The lowest BCUT2D eigenvalue weighted by atomic mass is 10.1. The maximum absolute atomic E-state index is 13.0. The Morgan fingerprint density at radius 2 is 1.71 bits per heavy atom. The van der Waals surface area contributed by atoms with Crippen molar-refractivity contribution in [3.63, 3.8) is 0 Å². The molecule has 0 spiro atoms. The molecule has 3 aromatic rings. The number of imide groups is 1. The lowest BCUT2D eigenvalue weighted by Crippen LogP contribution is -2.27. The summed E-state index contributed by atoms with van der Waals surface area (Å²) in [6.45, 7) is 8.44. The van der Waals surface area contributed by atoms with Gasteiger partial charge in [0.05, 0.1) is 11.4 Å². The summed E-state index contributed by atoms with van der Waals surface area (Å²) in [6, 6.07) is 15.7. The third-order valence-corrected chi connectivity index (χ3v) is 6.94. The van der Waals surface area contributed by atoms with Crippen molar-refractivity contribution in [1.29, 1.82) is 0 Å². The maximum atomic E-state index is 13.0. The van der Waals surface area contributed by atoms with Crippen LogP contribution in [0.2, 0.25) is 5.02 Å². The molecular weight excluding hydrogens is 428 g/mol. The first-order valence-electron chi connectivity index (χ1n) is 10.0. The highest BCUT2D eigenvalue weighted by Gasteiger charge is 2.35. The highest BCUT2D eigenvalue weighted by atomic mass is 35.5. The van der Waals surface area contributed by atoms with Crippen LogP contribution in [0.15, 0.2) is 53.4 Å².